The average Bonchev–Trinajstić information content (AvgIpc) is 2.23. The third-order valence-corrected chi connectivity index (χ3v) is 3.70. The van der Waals surface area contributed by atoms with E-state index in [0.29, 0.717) is 12.8 Å². The molecule has 0 spiro atoms. The fourth-order valence-electron chi connectivity index (χ4n) is 2.50. The Balaban J connectivity index is 1.93. The molecule has 92 valence electrons. The Morgan fingerprint density at radius 2 is 2.18 bits per heavy atom. The molecule has 0 unspecified atom stereocenters. The van der Waals surface area contributed by atoms with Gasteiger partial charge in [-0.25, -0.2) is 0 Å². The van der Waals surface area contributed by atoms with E-state index in [-0.39, 0.29) is 11.4 Å². The summed E-state index contributed by atoms with van der Waals surface area (Å²) < 4.78 is 5.49. The Morgan fingerprint density at radius 3 is 2.71 bits per heavy atom. The van der Waals surface area contributed by atoms with Crippen LogP contribution in [0.4, 0.5) is 0 Å². The first-order valence-corrected chi connectivity index (χ1v) is 6.26. The second-order valence-electron chi connectivity index (χ2n) is 5.12. The van der Waals surface area contributed by atoms with Crippen LogP contribution >= 0.6 is 0 Å². The van der Waals surface area contributed by atoms with E-state index in [0.717, 1.165) is 18.4 Å². The summed E-state index contributed by atoms with van der Waals surface area (Å²) in [7, 11) is 1.72. The lowest BCUT2D eigenvalue weighted by molar-refractivity contribution is -0.131. The summed E-state index contributed by atoms with van der Waals surface area (Å²) in [4.78, 5) is 12.0. The van der Waals surface area contributed by atoms with Crippen LogP contribution in [0.3, 0.4) is 0 Å². The largest absolute Gasteiger partial charge is 0.378 e. The molecule has 0 heterocycles. The number of carbonyl (C=O) groups is 1. The van der Waals surface area contributed by atoms with Crippen molar-refractivity contribution in [1.82, 2.24) is 0 Å². The molecule has 0 aromatic heterocycles. The number of aryl methyl sites for hydroxylation is 1. The fourth-order valence-corrected chi connectivity index (χ4v) is 2.50. The highest BCUT2D eigenvalue weighted by atomic mass is 16.5. The lowest BCUT2D eigenvalue weighted by Gasteiger charge is -2.40. The molecule has 2 nitrogen and oxygen atoms in total. The van der Waals surface area contributed by atoms with Gasteiger partial charge in [-0.2, -0.15) is 0 Å². The molecule has 17 heavy (non-hydrogen) atoms. The van der Waals surface area contributed by atoms with E-state index in [9.17, 15) is 4.79 Å². The average molecular weight is 232 g/mol. The van der Waals surface area contributed by atoms with E-state index >= 15 is 0 Å². The minimum atomic E-state index is -0.138. The van der Waals surface area contributed by atoms with Gasteiger partial charge in [0.15, 0.2) is 0 Å². The van der Waals surface area contributed by atoms with Gasteiger partial charge in [-0.05, 0) is 31.7 Å². The van der Waals surface area contributed by atoms with Crippen LogP contribution in [0.1, 0.15) is 36.8 Å². The van der Waals surface area contributed by atoms with Crippen molar-refractivity contribution in [1.29, 1.82) is 0 Å². The second-order valence-corrected chi connectivity index (χ2v) is 5.12. The minimum Gasteiger partial charge on any atom is -0.378 e. The summed E-state index contributed by atoms with van der Waals surface area (Å²) in [6.45, 7) is 2.05. The maximum Gasteiger partial charge on any atom is 0.140 e. The van der Waals surface area contributed by atoms with Gasteiger partial charge < -0.3 is 4.74 Å². The molecule has 0 amide bonds. The maximum atomic E-state index is 12.0. The van der Waals surface area contributed by atoms with Gasteiger partial charge in [0.05, 0.1) is 5.60 Å². The fraction of sp³-hybridized carbons (Fsp3) is 0.533. The van der Waals surface area contributed by atoms with Gasteiger partial charge in [-0.1, -0.05) is 29.8 Å². The molecule has 2 heteroatoms. The van der Waals surface area contributed by atoms with Gasteiger partial charge >= 0.3 is 0 Å². The number of Topliss-reactive ketones (excluding diaryl/α,β-unsaturated/α-hetero) is 1. The Bertz CT molecular complexity index is 400. The van der Waals surface area contributed by atoms with Crippen molar-refractivity contribution >= 4 is 5.78 Å². The molecule has 1 aliphatic carbocycles. The molecule has 0 radical (unpaired) electrons. The molecule has 1 aliphatic rings. The maximum absolute atomic E-state index is 12.0. The molecule has 0 saturated heterocycles. The van der Waals surface area contributed by atoms with Crippen molar-refractivity contribution in [2.45, 2.75) is 44.6 Å². The van der Waals surface area contributed by atoms with Gasteiger partial charge in [0.2, 0.25) is 0 Å². The Hall–Kier alpha value is -1.15. The van der Waals surface area contributed by atoms with Crippen LogP contribution in [0.15, 0.2) is 24.3 Å². The van der Waals surface area contributed by atoms with Gasteiger partial charge in [0.25, 0.3) is 0 Å². The summed E-state index contributed by atoms with van der Waals surface area (Å²) in [6, 6.07) is 8.16. The van der Waals surface area contributed by atoms with Crippen molar-refractivity contribution in [2.24, 2.45) is 0 Å². The van der Waals surface area contributed by atoms with Gasteiger partial charge in [-0.15, -0.1) is 0 Å². The standard InChI is InChI=1S/C15H20O2/c1-12-5-3-6-13(9-12)10-14(16)11-15(17-2)7-4-8-15/h3,5-6,9H,4,7-8,10-11H2,1-2H3. The van der Waals surface area contributed by atoms with E-state index in [1.807, 2.05) is 12.1 Å². The zero-order valence-corrected chi connectivity index (χ0v) is 10.7. The van der Waals surface area contributed by atoms with E-state index in [1.54, 1.807) is 7.11 Å². The molecule has 1 aromatic rings. The smallest absolute Gasteiger partial charge is 0.140 e. The molecule has 1 fully saturated rings. The molecule has 0 aliphatic heterocycles. The van der Waals surface area contributed by atoms with Crippen molar-refractivity contribution in [3.05, 3.63) is 35.4 Å². The van der Waals surface area contributed by atoms with Gasteiger partial charge in [0, 0.05) is 20.0 Å². The Morgan fingerprint density at radius 1 is 1.41 bits per heavy atom. The zero-order valence-electron chi connectivity index (χ0n) is 10.7. The van der Waals surface area contributed by atoms with Crippen LogP contribution in [-0.2, 0) is 16.0 Å². The van der Waals surface area contributed by atoms with Crippen molar-refractivity contribution < 1.29 is 9.53 Å². The number of hydrogen-bond acceptors (Lipinski definition) is 2. The Kier molecular flexibility index (Phi) is 3.63. The highest BCUT2D eigenvalue weighted by Crippen LogP contribution is 2.38. The number of ketones is 1. The van der Waals surface area contributed by atoms with E-state index in [2.05, 4.69) is 19.1 Å². The summed E-state index contributed by atoms with van der Waals surface area (Å²) in [5.41, 5.74) is 2.18. The molecule has 0 bridgehead atoms. The Labute approximate surface area is 103 Å². The number of rotatable bonds is 5. The molecule has 2 rings (SSSR count). The number of ether oxygens (including phenoxy) is 1. The molecule has 1 saturated carbocycles. The van der Waals surface area contributed by atoms with Crippen LogP contribution < -0.4 is 0 Å². The van der Waals surface area contributed by atoms with E-state index in [1.165, 1.54) is 12.0 Å². The summed E-state index contributed by atoms with van der Waals surface area (Å²) in [5.74, 6) is 0.289. The molecule has 0 N–H and O–H groups in total. The van der Waals surface area contributed by atoms with Gasteiger partial charge in [-0.3, -0.25) is 4.79 Å². The molecule has 0 atom stereocenters. The summed E-state index contributed by atoms with van der Waals surface area (Å²) in [6.07, 6.45) is 4.35. The first kappa shape index (κ1) is 12.3. The molecule has 1 aromatic carbocycles. The second kappa shape index (κ2) is 5.01. The first-order chi connectivity index (χ1) is 8.13. The molecular weight excluding hydrogens is 212 g/mol. The van der Waals surface area contributed by atoms with Crippen LogP contribution in [0.5, 0.6) is 0 Å². The predicted molar refractivity (Wildman–Crippen MR) is 68.1 cm³/mol. The van der Waals surface area contributed by atoms with Crippen LogP contribution in [-0.4, -0.2) is 18.5 Å². The van der Waals surface area contributed by atoms with E-state index in [4.69, 9.17) is 4.74 Å². The normalized spacial score (nSPS) is 17.5. The lowest BCUT2D eigenvalue weighted by atomic mass is 9.76. The third kappa shape index (κ3) is 2.95. The summed E-state index contributed by atoms with van der Waals surface area (Å²) in [5, 5.41) is 0. The number of carbonyl (C=O) groups excluding carboxylic acids is 1. The number of hydrogen-bond donors (Lipinski definition) is 0. The monoisotopic (exact) mass is 232 g/mol. The van der Waals surface area contributed by atoms with Crippen molar-refractivity contribution in [3.63, 3.8) is 0 Å². The van der Waals surface area contributed by atoms with Crippen molar-refractivity contribution in [2.75, 3.05) is 7.11 Å². The third-order valence-electron chi connectivity index (χ3n) is 3.70. The number of methoxy groups -OCH3 is 1. The van der Waals surface area contributed by atoms with Crippen LogP contribution in [0.25, 0.3) is 0 Å². The van der Waals surface area contributed by atoms with Crippen LogP contribution in [0, 0.1) is 6.92 Å². The van der Waals surface area contributed by atoms with Crippen molar-refractivity contribution in [3.8, 4) is 0 Å². The predicted octanol–water partition coefficient (Wildman–Crippen LogP) is 3.07. The topological polar surface area (TPSA) is 26.3 Å². The van der Waals surface area contributed by atoms with E-state index < -0.39 is 0 Å². The number of benzene rings is 1. The van der Waals surface area contributed by atoms with Gasteiger partial charge in [0.1, 0.15) is 5.78 Å². The molecular formula is C15H20O2. The highest BCUT2D eigenvalue weighted by molar-refractivity contribution is 5.82. The highest BCUT2D eigenvalue weighted by Gasteiger charge is 2.38. The lowest BCUT2D eigenvalue weighted by Crippen LogP contribution is -2.41. The quantitative estimate of drug-likeness (QED) is 0.780. The minimum absolute atomic E-state index is 0.138. The first-order valence-electron chi connectivity index (χ1n) is 6.26. The van der Waals surface area contributed by atoms with Crippen LogP contribution in [0.2, 0.25) is 0 Å². The zero-order chi connectivity index (χ0) is 12.3. The summed E-state index contributed by atoms with van der Waals surface area (Å²) >= 11 is 0. The SMILES string of the molecule is COC1(CC(=O)Cc2cccc(C)c2)CCC1.